The zero-order valence-corrected chi connectivity index (χ0v) is 51.1. The summed E-state index contributed by atoms with van der Waals surface area (Å²) in [5.41, 5.74) is 0. The summed E-state index contributed by atoms with van der Waals surface area (Å²) in [6.07, 6.45) is 67.9. The maximum absolute atomic E-state index is 13.4. The molecule has 0 aromatic rings. The first-order valence-electron chi connectivity index (χ1n) is 32.3. The number of amides is 1. The van der Waals surface area contributed by atoms with Crippen LogP contribution in [0.5, 0.6) is 0 Å². The molecule has 0 aliphatic carbocycles. The number of hydrogen-bond acceptors (Lipinski definition) is 10. The van der Waals surface area contributed by atoms with Crippen LogP contribution in [0.3, 0.4) is 0 Å². The average Bonchev–Trinajstić information content (AvgIpc) is 3.46. The van der Waals surface area contributed by atoms with Gasteiger partial charge in [-0.2, -0.15) is 0 Å². The number of ether oxygens (including phenoxy) is 3. The van der Waals surface area contributed by atoms with Gasteiger partial charge in [0, 0.05) is 6.42 Å². The fourth-order valence-electron chi connectivity index (χ4n) is 9.25. The Kier molecular flexibility index (Phi) is 52.4. The van der Waals surface area contributed by atoms with Crippen LogP contribution < -0.4 is 5.32 Å². The Labute approximate surface area is 493 Å². The lowest BCUT2D eigenvalue weighted by atomic mass is 9.99. The number of unbranched alkanes of at least 4 members (excludes halogenated alkanes) is 21. The fourth-order valence-corrected chi connectivity index (χ4v) is 9.25. The smallest absolute Gasteiger partial charge is 0.306 e. The van der Waals surface area contributed by atoms with Crippen LogP contribution in [0.15, 0.2) is 122 Å². The van der Waals surface area contributed by atoms with Crippen LogP contribution >= 0.6 is 0 Å². The molecule has 11 heteroatoms. The van der Waals surface area contributed by atoms with E-state index in [4.69, 9.17) is 14.2 Å². The van der Waals surface area contributed by atoms with Gasteiger partial charge in [0.05, 0.1) is 25.4 Å². The van der Waals surface area contributed by atoms with Gasteiger partial charge in [0.25, 0.3) is 0 Å². The van der Waals surface area contributed by atoms with Gasteiger partial charge in [-0.15, -0.1) is 0 Å². The van der Waals surface area contributed by atoms with Gasteiger partial charge in [-0.1, -0.05) is 245 Å². The summed E-state index contributed by atoms with van der Waals surface area (Å²) in [5.74, 6) is -1.25. The van der Waals surface area contributed by atoms with Crippen LogP contribution in [-0.4, -0.2) is 99.6 Å². The van der Waals surface area contributed by atoms with E-state index in [2.05, 4.69) is 135 Å². The third-order valence-corrected chi connectivity index (χ3v) is 14.3. The van der Waals surface area contributed by atoms with Gasteiger partial charge in [0.2, 0.25) is 5.91 Å². The molecule has 8 unspecified atom stereocenters. The molecule has 11 nitrogen and oxygen atoms in total. The molecule has 0 aromatic heterocycles. The van der Waals surface area contributed by atoms with E-state index in [1.807, 2.05) is 6.08 Å². The zero-order valence-electron chi connectivity index (χ0n) is 51.1. The summed E-state index contributed by atoms with van der Waals surface area (Å²) in [7, 11) is 0. The first-order valence-corrected chi connectivity index (χ1v) is 32.3. The van der Waals surface area contributed by atoms with Crippen molar-refractivity contribution in [3.63, 3.8) is 0 Å². The molecule has 1 amide bonds. The second kappa shape index (κ2) is 56.5. The molecule has 1 fully saturated rings. The molecule has 8 atom stereocenters. The number of esters is 1. The number of carbonyl (C=O) groups excluding carboxylic acids is 2. The van der Waals surface area contributed by atoms with Gasteiger partial charge in [-0.25, -0.2) is 0 Å². The minimum absolute atomic E-state index is 0.0914. The highest BCUT2D eigenvalue weighted by molar-refractivity contribution is 5.80. The van der Waals surface area contributed by atoms with E-state index in [1.54, 1.807) is 6.08 Å². The largest absolute Gasteiger partial charge is 0.454 e. The van der Waals surface area contributed by atoms with E-state index >= 15 is 0 Å². The van der Waals surface area contributed by atoms with Crippen LogP contribution in [0.1, 0.15) is 245 Å². The predicted octanol–water partition coefficient (Wildman–Crippen LogP) is 15.8. The number of carbonyl (C=O) groups is 2. The molecule has 1 saturated heterocycles. The third-order valence-electron chi connectivity index (χ3n) is 14.3. The molecule has 1 rings (SSSR count). The molecule has 0 saturated carbocycles. The molecule has 0 radical (unpaired) electrons. The Morgan fingerprint density at radius 3 is 1.36 bits per heavy atom. The summed E-state index contributed by atoms with van der Waals surface area (Å²) in [6, 6.07) is -1.05. The number of nitrogens with one attached hydrogen (secondary N) is 1. The number of aliphatic hydroxyl groups is 5. The van der Waals surface area contributed by atoms with Gasteiger partial charge in [0.1, 0.15) is 24.4 Å². The molecule has 0 aromatic carbocycles. The van der Waals surface area contributed by atoms with Crippen LogP contribution in [-0.2, 0) is 23.8 Å². The molecule has 1 heterocycles. The highest BCUT2D eigenvalue weighted by atomic mass is 16.7. The van der Waals surface area contributed by atoms with Crippen molar-refractivity contribution in [1.29, 1.82) is 0 Å². The molecule has 1 aliphatic rings. The summed E-state index contributed by atoms with van der Waals surface area (Å²) in [4.78, 5) is 26.6. The first-order chi connectivity index (χ1) is 39.7. The van der Waals surface area contributed by atoms with Gasteiger partial charge in [0.15, 0.2) is 12.4 Å². The van der Waals surface area contributed by atoms with E-state index < -0.39 is 67.4 Å². The molecule has 0 bridgehead atoms. The molecular formula is C70H117NO10. The number of allylic oxidation sites excluding steroid dienone is 19. The monoisotopic (exact) mass is 1130 g/mol. The standard InChI is InChI=1S/C70H117NO10/c1-4-7-10-13-16-19-22-25-27-29-31-32-33-35-37-40-43-46-49-52-55-58-65(75)81-68-67(77)66(76)64(59-72)80-70(68)79-60-61(62(73)56-53-50-47-44-41-38-24-21-18-15-12-9-6-3)71-69(78)63(74)57-54-51-48-45-42-39-36-34-30-28-26-23-20-17-14-11-8-5-2/h8,11,16-17,19-20,25-28,31-32,34-37,42,45,53,56,61-64,66-68,70,72-74,76-77H,4-7,9-10,12-15,18,21-24,29-30,33,38-41,43-44,46-52,54-55,57-60H2,1-3H3,(H,71,78)/b11-8-,19-16-,20-17-,27-25-,28-26-,32-31-,36-34-,37-35-,45-42-,56-53+. The Morgan fingerprint density at radius 1 is 0.494 bits per heavy atom. The SMILES string of the molecule is CC/C=C\C/C=C\C/C=C\C/C=C\C/C=C\CCCCC(O)C(=O)NC(COC1OC(CO)C(O)C(O)C1OC(=O)CCCCCCC/C=C\C/C=C\C/C=C\C/C=C\CCCCC)C(O)/C=C/CCCCCCCCCCCCC. The van der Waals surface area contributed by atoms with E-state index in [-0.39, 0.29) is 19.4 Å². The lowest BCUT2D eigenvalue weighted by Crippen LogP contribution is -2.61. The Morgan fingerprint density at radius 2 is 0.889 bits per heavy atom. The Hall–Kier alpha value is -3.94. The lowest BCUT2D eigenvalue weighted by Gasteiger charge is -2.41. The average molecular weight is 1130 g/mol. The Bertz CT molecular complexity index is 1780. The van der Waals surface area contributed by atoms with Gasteiger partial charge in [-0.3, -0.25) is 9.59 Å². The van der Waals surface area contributed by atoms with E-state index in [0.717, 1.165) is 122 Å². The summed E-state index contributed by atoms with van der Waals surface area (Å²) in [5, 5.41) is 57.0. The second-order valence-corrected chi connectivity index (χ2v) is 21.8. The molecule has 462 valence electrons. The van der Waals surface area contributed by atoms with Gasteiger partial charge in [-0.05, 0) is 116 Å². The normalized spacial score (nSPS) is 19.5. The maximum Gasteiger partial charge on any atom is 0.306 e. The van der Waals surface area contributed by atoms with Crippen molar-refractivity contribution >= 4 is 11.9 Å². The van der Waals surface area contributed by atoms with E-state index in [9.17, 15) is 35.1 Å². The summed E-state index contributed by atoms with van der Waals surface area (Å²) < 4.78 is 17.6. The summed E-state index contributed by atoms with van der Waals surface area (Å²) >= 11 is 0. The first kappa shape index (κ1) is 75.1. The predicted molar refractivity (Wildman–Crippen MR) is 338 cm³/mol. The molecule has 6 N–H and O–H groups in total. The van der Waals surface area contributed by atoms with Crippen molar-refractivity contribution in [2.45, 2.75) is 294 Å². The third kappa shape index (κ3) is 44.3. The van der Waals surface area contributed by atoms with Crippen LogP contribution in [0.2, 0.25) is 0 Å². The highest BCUT2D eigenvalue weighted by Crippen LogP contribution is 2.26. The topological polar surface area (TPSA) is 175 Å². The minimum atomic E-state index is -1.64. The maximum atomic E-state index is 13.4. The van der Waals surface area contributed by atoms with Crippen molar-refractivity contribution in [1.82, 2.24) is 5.32 Å². The highest BCUT2D eigenvalue weighted by Gasteiger charge is 2.47. The molecule has 1 aliphatic heterocycles. The van der Waals surface area contributed by atoms with Crippen LogP contribution in [0.25, 0.3) is 0 Å². The second-order valence-electron chi connectivity index (χ2n) is 21.8. The van der Waals surface area contributed by atoms with Crippen molar-refractivity contribution in [3.05, 3.63) is 122 Å². The van der Waals surface area contributed by atoms with Gasteiger partial charge >= 0.3 is 5.97 Å². The van der Waals surface area contributed by atoms with Gasteiger partial charge < -0.3 is 45.1 Å². The lowest BCUT2D eigenvalue weighted by molar-refractivity contribution is -0.305. The minimum Gasteiger partial charge on any atom is -0.454 e. The van der Waals surface area contributed by atoms with E-state index in [0.29, 0.717) is 12.8 Å². The molecule has 0 spiro atoms. The quantitative estimate of drug-likeness (QED) is 0.0195. The zero-order chi connectivity index (χ0) is 58.9. The van der Waals surface area contributed by atoms with Crippen LogP contribution in [0, 0.1) is 0 Å². The fraction of sp³-hybridized carbons (Fsp3) is 0.686. The Balaban J connectivity index is 2.72. The van der Waals surface area contributed by atoms with Crippen LogP contribution in [0.4, 0.5) is 0 Å². The van der Waals surface area contributed by atoms with Crippen molar-refractivity contribution in [2.75, 3.05) is 13.2 Å². The number of aliphatic hydroxyl groups excluding tert-OH is 5. The molecule has 81 heavy (non-hydrogen) atoms. The number of rotatable bonds is 53. The number of hydrogen-bond donors (Lipinski definition) is 6. The van der Waals surface area contributed by atoms with E-state index in [1.165, 1.54) is 77.0 Å². The van der Waals surface area contributed by atoms with Crippen molar-refractivity contribution < 1.29 is 49.3 Å². The van der Waals surface area contributed by atoms with Crippen molar-refractivity contribution in [3.8, 4) is 0 Å². The summed E-state index contributed by atoms with van der Waals surface area (Å²) in [6.45, 7) is 5.61. The molecular weight excluding hydrogens is 1010 g/mol. The van der Waals surface area contributed by atoms with Crippen molar-refractivity contribution in [2.24, 2.45) is 0 Å².